The van der Waals surface area contributed by atoms with E-state index in [9.17, 15) is 13.2 Å². The van der Waals surface area contributed by atoms with Gasteiger partial charge in [0.2, 0.25) is 10.0 Å². The second-order valence-electron chi connectivity index (χ2n) is 5.50. The Morgan fingerprint density at radius 1 is 1.20 bits per heavy atom. The van der Waals surface area contributed by atoms with Gasteiger partial charge >= 0.3 is 0 Å². The summed E-state index contributed by atoms with van der Waals surface area (Å²) in [4.78, 5) is 16.7. The lowest BCUT2D eigenvalue weighted by molar-refractivity contribution is 0.0954. The first-order chi connectivity index (χ1) is 11.9. The molecule has 2 rings (SSSR count). The van der Waals surface area contributed by atoms with E-state index in [0.717, 1.165) is 10.7 Å². The first-order valence-corrected chi connectivity index (χ1v) is 10.5. The van der Waals surface area contributed by atoms with Crippen LogP contribution in [0.25, 0.3) is 0 Å². The Kier molecular flexibility index (Phi) is 6.69. The van der Waals surface area contributed by atoms with E-state index in [1.54, 1.807) is 37.3 Å². The van der Waals surface area contributed by atoms with Gasteiger partial charge in [-0.05, 0) is 31.2 Å². The van der Waals surface area contributed by atoms with Crippen LogP contribution in [0.1, 0.15) is 34.9 Å². The van der Waals surface area contributed by atoms with Crippen molar-refractivity contribution in [3.63, 3.8) is 0 Å². The Labute approximate surface area is 153 Å². The van der Waals surface area contributed by atoms with Crippen LogP contribution in [-0.4, -0.2) is 43.2 Å². The Morgan fingerprint density at radius 3 is 2.36 bits per heavy atom. The molecule has 0 atom stereocenters. The molecular formula is C17H23N3O3S2. The summed E-state index contributed by atoms with van der Waals surface area (Å²) in [6.45, 7) is 6.85. The van der Waals surface area contributed by atoms with Crippen LogP contribution in [0.3, 0.4) is 0 Å². The zero-order valence-corrected chi connectivity index (χ0v) is 16.3. The van der Waals surface area contributed by atoms with Crippen molar-refractivity contribution in [1.82, 2.24) is 14.6 Å². The fourth-order valence-electron chi connectivity index (χ4n) is 2.39. The number of nitrogens with zero attached hydrogens (tertiary/aromatic N) is 2. The minimum Gasteiger partial charge on any atom is -0.352 e. The van der Waals surface area contributed by atoms with Gasteiger partial charge in [0.1, 0.15) is 0 Å². The van der Waals surface area contributed by atoms with Gasteiger partial charge in [-0.25, -0.2) is 13.4 Å². The maximum Gasteiger partial charge on any atom is 0.251 e. The molecule has 1 amide bonds. The number of rotatable bonds is 8. The van der Waals surface area contributed by atoms with Gasteiger partial charge in [-0.15, -0.1) is 11.3 Å². The lowest BCUT2D eigenvalue weighted by Crippen LogP contribution is -2.30. The third kappa shape index (κ3) is 4.87. The van der Waals surface area contributed by atoms with Crippen molar-refractivity contribution in [2.75, 3.05) is 19.6 Å². The predicted molar refractivity (Wildman–Crippen MR) is 99.4 cm³/mol. The van der Waals surface area contributed by atoms with Crippen LogP contribution in [0, 0.1) is 6.92 Å². The van der Waals surface area contributed by atoms with Crippen LogP contribution >= 0.6 is 11.3 Å². The van der Waals surface area contributed by atoms with E-state index in [2.05, 4.69) is 10.3 Å². The minimum atomic E-state index is -3.50. The third-order valence-electron chi connectivity index (χ3n) is 3.75. The number of hydrogen-bond acceptors (Lipinski definition) is 5. The molecule has 1 aromatic heterocycles. The summed E-state index contributed by atoms with van der Waals surface area (Å²) >= 11 is 1.57. The number of aryl methyl sites for hydroxylation is 1. The maximum absolute atomic E-state index is 12.4. The molecule has 0 aliphatic rings. The quantitative estimate of drug-likeness (QED) is 0.762. The topological polar surface area (TPSA) is 79.4 Å². The number of carbonyl (C=O) groups excluding carboxylic acids is 1. The van der Waals surface area contributed by atoms with Crippen LogP contribution in [0.15, 0.2) is 34.5 Å². The van der Waals surface area contributed by atoms with E-state index in [-0.39, 0.29) is 10.8 Å². The van der Waals surface area contributed by atoms with Crippen LogP contribution < -0.4 is 5.32 Å². The van der Waals surface area contributed by atoms with Crippen molar-refractivity contribution in [2.24, 2.45) is 0 Å². The average Bonchev–Trinajstić information content (AvgIpc) is 3.01. The molecule has 0 saturated carbocycles. The van der Waals surface area contributed by atoms with Gasteiger partial charge in [-0.1, -0.05) is 13.8 Å². The first-order valence-electron chi connectivity index (χ1n) is 8.18. The number of benzene rings is 1. The fourth-order valence-corrected chi connectivity index (χ4v) is 4.63. The largest absolute Gasteiger partial charge is 0.352 e. The molecule has 0 bridgehead atoms. The lowest BCUT2D eigenvalue weighted by Gasteiger charge is -2.18. The average molecular weight is 382 g/mol. The molecule has 136 valence electrons. The molecule has 8 heteroatoms. The van der Waals surface area contributed by atoms with Crippen molar-refractivity contribution in [3.05, 3.63) is 45.9 Å². The zero-order chi connectivity index (χ0) is 18.4. The summed E-state index contributed by atoms with van der Waals surface area (Å²) < 4.78 is 26.2. The number of carbonyl (C=O) groups is 1. The third-order valence-corrected chi connectivity index (χ3v) is 6.84. The molecule has 1 aromatic carbocycles. The van der Waals surface area contributed by atoms with Gasteiger partial charge in [-0.2, -0.15) is 4.31 Å². The van der Waals surface area contributed by atoms with Crippen molar-refractivity contribution >= 4 is 27.3 Å². The van der Waals surface area contributed by atoms with E-state index in [1.807, 2.05) is 12.3 Å². The number of aromatic nitrogens is 1. The van der Waals surface area contributed by atoms with Crippen molar-refractivity contribution in [2.45, 2.75) is 32.1 Å². The number of sulfonamides is 1. The summed E-state index contributed by atoms with van der Waals surface area (Å²) in [7, 11) is -3.50. The summed E-state index contributed by atoms with van der Waals surface area (Å²) in [6.07, 6.45) is 0.679. The first kappa shape index (κ1) is 19.6. The van der Waals surface area contributed by atoms with E-state index in [0.29, 0.717) is 31.6 Å². The summed E-state index contributed by atoms with van der Waals surface area (Å²) in [5.74, 6) is -0.222. The summed E-state index contributed by atoms with van der Waals surface area (Å²) in [5.41, 5.74) is 1.42. The van der Waals surface area contributed by atoms with E-state index >= 15 is 0 Å². The molecule has 0 fully saturated rings. The number of thiazole rings is 1. The molecule has 0 aliphatic carbocycles. The number of hydrogen-bond donors (Lipinski definition) is 1. The highest BCUT2D eigenvalue weighted by atomic mass is 32.2. The molecule has 0 spiro atoms. The molecule has 0 radical (unpaired) electrons. The van der Waals surface area contributed by atoms with Crippen LogP contribution in [0.4, 0.5) is 0 Å². The fraction of sp³-hybridized carbons (Fsp3) is 0.412. The van der Waals surface area contributed by atoms with E-state index in [4.69, 9.17) is 0 Å². The summed E-state index contributed by atoms with van der Waals surface area (Å²) in [5, 5.41) is 5.79. The van der Waals surface area contributed by atoms with Crippen molar-refractivity contribution < 1.29 is 13.2 Å². The Balaban J connectivity index is 1.98. The number of nitrogens with one attached hydrogen (secondary N) is 1. The van der Waals surface area contributed by atoms with E-state index in [1.165, 1.54) is 16.4 Å². The molecule has 0 unspecified atom stereocenters. The summed E-state index contributed by atoms with van der Waals surface area (Å²) in [6, 6.07) is 6.04. The second-order valence-corrected chi connectivity index (χ2v) is 8.38. The Bertz CT molecular complexity index is 810. The van der Waals surface area contributed by atoms with Gasteiger partial charge < -0.3 is 5.32 Å². The smallest absolute Gasteiger partial charge is 0.251 e. The monoisotopic (exact) mass is 381 g/mol. The maximum atomic E-state index is 12.4. The van der Waals surface area contributed by atoms with Crippen LogP contribution in [-0.2, 0) is 16.4 Å². The van der Waals surface area contributed by atoms with Crippen molar-refractivity contribution in [1.29, 1.82) is 0 Å². The van der Waals surface area contributed by atoms with Gasteiger partial charge in [-0.3, -0.25) is 4.79 Å². The van der Waals surface area contributed by atoms with Gasteiger partial charge in [0.15, 0.2) is 0 Å². The highest BCUT2D eigenvalue weighted by molar-refractivity contribution is 7.89. The Hall–Kier alpha value is -1.77. The molecule has 2 aromatic rings. The minimum absolute atomic E-state index is 0.200. The van der Waals surface area contributed by atoms with Crippen molar-refractivity contribution in [3.8, 4) is 0 Å². The zero-order valence-electron chi connectivity index (χ0n) is 14.7. The van der Waals surface area contributed by atoms with Gasteiger partial charge in [0.05, 0.1) is 9.90 Å². The lowest BCUT2D eigenvalue weighted by atomic mass is 10.2. The normalized spacial score (nSPS) is 11.7. The molecule has 0 aliphatic heterocycles. The second kappa shape index (κ2) is 8.55. The number of amides is 1. The van der Waals surface area contributed by atoms with Gasteiger partial charge in [0.25, 0.3) is 5.91 Å². The predicted octanol–water partition coefficient (Wildman–Crippen LogP) is 2.45. The standard InChI is InChI=1S/C17H23N3O3S2/c1-4-20(5-2)25(22,23)15-8-6-14(7-9-15)17(21)18-11-10-16-19-13(3)12-24-16/h6-9,12H,4-5,10-11H2,1-3H3,(H,18,21). The molecule has 25 heavy (non-hydrogen) atoms. The molecular weight excluding hydrogens is 358 g/mol. The molecule has 6 nitrogen and oxygen atoms in total. The highest BCUT2D eigenvalue weighted by Gasteiger charge is 2.21. The van der Waals surface area contributed by atoms with Gasteiger partial charge in [0, 0.05) is 42.7 Å². The molecule has 0 saturated heterocycles. The SMILES string of the molecule is CCN(CC)S(=O)(=O)c1ccc(C(=O)NCCc2nc(C)cs2)cc1. The van der Waals surface area contributed by atoms with Crippen LogP contribution in [0.2, 0.25) is 0 Å². The molecule has 1 heterocycles. The highest BCUT2D eigenvalue weighted by Crippen LogP contribution is 2.16. The Morgan fingerprint density at radius 2 is 1.84 bits per heavy atom. The van der Waals surface area contributed by atoms with E-state index < -0.39 is 10.0 Å². The molecule has 1 N–H and O–H groups in total. The van der Waals surface area contributed by atoms with Crippen LogP contribution in [0.5, 0.6) is 0 Å².